The van der Waals surface area contributed by atoms with E-state index in [1.807, 2.05) is 0 Å². The molecule has 0 aliphatic rings. The summed E-state index contributed by atoms with van der Waals surface area (Å²) in [6, 6.07) is 10.9. The average Bonchev–Trinajstić information content (AvgIpc) is 2.49. The van der Waals surface area contributed by atoms with Crippen molar-refractivity contribution in [1.29, 1.82) is 0 Å². The molecule has 1 aromatic rings. The van der Waals surface area contributed by atoms with Crippen molar-refractivity contribution in [2.24, 2.45) is 0 Å². The Labute approximate surface area is 173 Å². The molecule has 0 aromatic heterocycles. The van der Waals surface area contributed by atoms with E-state index in [2.05, 4.69) is 51.4 Å². The molecule has 0 unspecified atom stereocenters. The third-order valence-electron chi connectivity index (χ3n) is 4.57. The number of hydrogen-bond acceptors (Lipinski definition) is 0. The quantitative estimate of drug-likeness (QED) is 0.181. The van der Waals surface area contributed by atoms with Gasteiger partial charge in [-0.3, -0.25) is 0 Å². The molecule has 0 spiro atoms. The largest absolute Gasteiger partial charge is 0.325 e. The van der Waals surface area contributed by atoms with Crippen molar-refractivity contribution in [3.05, 3.63) is 35.9 Å². The average molecular weight is 449 g/mol. The third kappa shape index (κ3) is 14.5. The normalized spacial score (nSPS) is 10.8. The zero-order chi connectivity index (χ0) is 16.1. The SMILES string of the molecule is CCCCCCCCCCCC[N+](C)(C)Cc1ccccc1.Cl.[Ag]. The van der Waals surface area contributed by atoms with Gasteiger partial charge in [-0.05, 0) is 12.8 Å². The maximum absolute atomic E-state index is 2.36. The van der Waals surface area contributed by atoms with Crippen molar-refractivity contribution in [3.63, 3.8) is 0 Å². The summed E-state index contributed by atoms with van der Waals surface area (Å²) in [5, 5.41) is 0. The minimum absolute atomic E-state index is 0. The number of benzene rings is 1. The van der Waals surface area contributed by atoms with Gasteiger partial charge in [-0.15, -0.1) is 12.4 Å². The molecule has 1 radical (unpaired) electrons. The Hall–Kier alpha value is 0.210. The van der Waals surface area contributed by atoms with Gasteiger partial charge in [0.25, 0.3) is 0 Å². The summed E-state index contributed by atoms with van der Waals surface area (Å²) in [5.74, 6) is 0. The molecule has 0 aliphatic heterocycles. The first-order chi connectivity index (χ1) is 10.6. The van der Waals surface area contributed by atoms with Crippen LogP contribution in [0.15, 0.2) is 30.3 Å². The van der Waals surface area contributed by atoms with Gasteiger partial charge in [-0.1, -0.05) is 88.6 Å². The second kappa shape index (κ2) is 16.7. The van der Waals surface area contributed by atoms with E-state index in [4.69, 9.17) is 0 Å². The molecule has 1 aromatic carbocycles. The molecule has 0 N–H and O–H groups in total. The summed E-state index contributed by atoms with van der Waals surface area (Å²) >= 11 is 0. The Morgan fingerprint density at radius 3 is 1.67 bits per heavy atom. The van der Waals surface area contributed by atoms with Crippen molar-refractivity contribution in [2.45, 2.75) is 77.7 Å². The van der Waals surface area contributed by atoms with Crippen LogP contribution < -0.4 is 0 Å². The minimum Gasteiger partial charge on any atom is -0.325 e. The van der Waals surface area contributed by atoms with Crippen LogP contribution in [0.4, 0.5) is 0 Å². The molecule has 0 bridgehead atoms. The van der Waals surface area contributed by atoms with E-state index < -0.39 is 0 Å². The van der Waals surface area contributed by atoms with Gasteiger partial charge in [0.05, 0.1) is 20.6 Å². The van der Waals surface area contributed by atoms with Gasteiger partial charge in [-0.25, -0.2) is 0 Å². The smallest absolute Gasteiger partial charge is 0.104 e. The fourth-order valence-electron chi connectivity index (χ4n) is 3.18. The Morgan fingerprint density at radius 1 is 0.708 bits per heavy atom. The molecular weight excluding hydrogens is 410 g/mol. The van der Waals surface area contributed by atoms with Gasteiger partial charge in [0, 0.05) is 27.9 Å². The molecular formula is C21H39AgClN+. The predicted octanol–water partition coefficient (Wildman–Crippen LogP) is 6.60. The van der Waals surface area contributed by atoms with Gasteiger partial charge < -0.3 is 4.48 Å². The number of unbranched alkanes of at least 4 members (excludes halogenated alkanes) is 9. The molecule has 0 heterocycles. The third-order valence-corrected chi connectivity index (χ3v) is 4.57. The van der Waals surface area contributed by atoms with E-state index in [-0.39, 0.29) is 34.8 Å². The van der Waals surface area contributed by atoms with Crippen molar-refractivity contribution >= 4 is 12.4 Å². The standard InChI is InChI=1S/C21H38N.Ag.ClH/c1-4-5-6-7-8-9-10-11-12-16-19-22(2,3)20-21-17-14-13-15-18-21;;/h13-15,17-18H,4-12,16,19-20H2,1-3H3;;1H/q+1;;. The monoisotopic (exact) mass is 447 g/mol. The van der Waals surface area contributed by atoms with Crippen LogP contribution in [-0.4, -0.2) is 25.1 Å². The summed E-state index contributed by atoms with van der Waals surface area (Å²) in [4.78, 5) is 0. The molecule has 0 saturated carbocycles. The van der Waals surface area contributed by atoms with Crippen molar-refractivity contribution in [3.8, 4) is 0 Å². The Bertz CT molecular complexity index is 367. The van der Waals surface area contributed by atoms with Gasteiger partial charge in [-0.2, -0.15) is 0 Å². The maximum Gasteiger partial charge on any atom is 0.104 e. The minimum atomic E-state index is 0. The van der Waals surface area contributed by atoms with E-state index in [9.17, 15) is 0 Å². The summed E-state index contributed by atoms with van der Waals surface area (Å²) in [6.07, 6.45) is 14.2. The molecule has 145 valence electrons. The zero-order valence-corrected chi connectivity index (χ0v) is 18.3. The summed E-state index contributed by atoms with van der Waals surface area (Å²) < 4.78 is 1.11. The number of rotatable bonds is 13. The van der Waals surface area contributed by atoms with Crippen LogP contribution in [0.5, 0.6) is 0 Å². The fourth-order valence-corrected chi connectivity index (χ4v) is 3.18. The van der Waals surface area contributed by atoms with Gasteiger partial charge >= 0.3 is 0 Å². The van der Waals surface area contributed by atoms with E-state index in [0.717, 1.165) is 11.0 Å². The van der Waals surface area contributed by atoms with Crippen LogP contribution >= 0.6 is 12.4 Å². The second-order valence-corrected chi connectivity index (χ2v) is 7.49. The maximum atomic E-state index is 2.36. The van der Waals surface area contributed by atoms with Crippen LogP contribution in [0.3, 0.4) is 0 Å². The van der Waals surface area contributed by atoms with E-state index in [0.29, 0.717) is 0 Å². The molecule has 0 fully saturated rings. The number of nitrogens with zero attached hydrogens (tertiary/aromatic N) is 1. The molecule has 3 heteroatoms. The van der Waals surface area contributed by atoms with E-state index in [1.54, 1.807) is 0 Å². The summed E-state index contributed by atoms with van der Waals surface area (Å²) in [6.45, 7) is 4.74. The Kier molecular flexibility index (Phi) is 18.4. The molecule has 1 nitrogen and oxygen atoms in total. The van der Waals surface area contributed by atoms with Crippen LogP contribution in [-0.2, 0) is 28.9 Å². The van der Waals surface area contributed by atoms with Crippen LogP contribution in [0.25, 0.3) is 0 Å². The fraction of sp³-hybridized carbons (Fsp3) is 0.714. The van der Waals surface area contributed by atoms with E-state index >= 15 is 0 Å². The molecule has 1 rings (SSSR count). The number of halogens is 1. The second-order valence-electron chi connectivity index (χ2n) is 7.49. The Balaban J connectivity index is 0. The zero-order valence-electron chi connectivity index (χ0n) is 16.0. The van der Waals surface area contributed by atoms with Gasteiger partial charge in [0.1, 0.15) is 6.54 Å². The summed E-state index contributed by atoms with van der Waals surface area (Å²) in [5.41, 5.74) is 1.46. The number of quaternary nitrogens is 1. The first-order valence-corrected chi connectivity index (χ1v) is 9.50. The van der Waals surface area contributed by atoms with Crippen molar-refractivity contribution in [2.75, 3.05) is 20.6 Å². The summed E-state index contributed by atoms with van der Waals surface area (Å²) in [7, 11) is 4.72. The van der Waals surface area contributed by atoms with Gasteiger partial charge in [0.15, 0.2) is 0 Å². The predicted molar refractivity (Wildman–Crippen MR) is 106 cm³/mol. The van der Waals surface area contributed by atoms with Crippen LogP contribution in [0.1, 0.15) is 76.7 Å². The van der Waals surface area contributed by atoms with Crippen molar-refractivity contribution in [1.82, 2.24) is 0 Å². The van der Waals surface area contributed by atoms with Crippen LogP contribution in [0.2, 0.25) is 0 Å². The van der Waals surface area contributed by atoms with Crippen molar-refractivity contribution < 1.29 is 26.9 Å². The topological polar surface area (TPSA) is 0 Å². The van der Waals surface area contributed by atoms with Gasteiger partial charge in [0.2, 0.25) is 0 Å². The number of hydrogen-bond donors (Lipinski definition) is 0. The first-order valence-electron chi connectivity index (χ1n) is 9.50. The van der Waals surface area contributed by atoms with E-state index in [1.165, 1.54) is 76.3 Å². The molecule has 0 amide bonds. The first kappa shape index (κ1) is 26.4. The molecule has 0 atom stereocenters. The van der Waals surface area contributed by atoms with Crippen LogP contribution in [0, 0.1) is 0 Å². The Morgan fingerprint density at radius 2 is 1.17 bits per heavy atom. The molecule has 0 aliphatic carbocycles. The molecule has 0 saturated heterocycles. The molecule has 24 heavy (non-hydrogen) atoms.